The molecule has 0 aromatic carbocycles. The third kappa shape index (κ3) is 6.30. The van der Waals surface area contributed by atoms with Gasteiger partial charge in [0.1, 0.15) is 39.2 Å². The van der Waals surface area contributed by atoms with Crippen LogP contribution < -0.4 is 27.1 Å². The summed E-state index contributed by atoms with van der Waals surface area (Å²) >= 11 is 8.28. The van der Waals surface area contributed by atoms with Gasteiger partial charge in [-0.1, -0.05) is 28.1 Å². The molecule has 2 amide bonds. The van der Waals surface area contributed by atoms with Crippen molar-refractivity contribution in [1.82, 2.24) is 24.8 Å². The van der Waals surface area contributed by atoms with E-state index in [2.05, 4.69) is 20.4 Å². The molecule has 0 unspecified atom stereocenters. The van der Waals surface area contributed by atoms with E-state index < -0.39 is 47.0 Å². The van der Waals surface area contributed by atoms with Gasteiger partial charge in [-0.15, -0.1) is 11.8 Å². The molecule has 0 aliphatic carbocycles. The van der Waals surface area contributed by atoms with Gasteiger partial charge in [-0.3, -0.25) is 19.1 Å². The van der Waals surface area contributed by atoms with Crippen LogP contribution in [0.3, 0.4) is 0 Å². The van der Waals surface area contributed by atoms with Gasteiger partial charge >= 0.3 is 23.5 Å². The Bertz CT molecular complexity index is 1810. The maximum Gasteiger partial charge on any atom is 0.352 e. The molecule has 0 saturated carbocycles. The van der Waals surface area contributed by atoms with Crippen LogP contribution in [-0.4, -0.2) is 88.4 Å². The lowest BCUT2D eigenvalue weighted by atomic mass is 10.0. The van der Waals surface area contributed by atoms with Crippen LogP contribution in [0.15, 0.2) is 34.8 Å². The topological polar surface area (TPSA) is 258 Å². The monoisotopic (exact) mass is 693 g/mol. The quantitative estimate of drug-likeness (QED) is 0.0631. The molecule has 5 rings (SSSR count). The number of carboxylic acids is 2. The molecule has 5 heterocycles. The number of nitrogen functional groups attached to an aromatic ring is 2. The van der Waals surface area contributed by atoms with Crippen LogP contribution in [0.1, 0.15) is 26.0 Å². The van der Waals surface area contributed by atoms with E-state index in [1.165, 1.54) is 18.7 Å². The molecular formula is C26H30ClN10O7S2+. The first kappa shape index (κ1) is 32.9. The number of carbonyl (C=O) groups excluding carboxylic acids is 2. The van der Waals surface area contributed by atoms with E-state index >= 15 is 0 Å². The molecule has 0 radical (unpaired) electrons. The van der Waals surface area contributed by atoms with Crippen LogP contribution in [0.4, 0.5) is 11.1 Å². The van der Waals surface area contributed by atoms with Crippen LogP contribution >= 0.6 is 34.7 Å². The van der Waals surface area contributed by atoms with Gasteiger partial charge < -0.3 is 37.6 Å². The fourth-order valence-electron chi connectivity index (χ4n) is 4.90. The Morgan fingerprint density at radius 1 is 1.28 bits per heavy atom. The molecule has 3 aromatic rings. The molecule has 1 fully saturated rings. The molecule has 17 nitrogen and oxygen atoms in total. The number of rotatable bonds is 12. The number of pyridine rings is 1. The fraction of sp³-hybridized carbons (Fsp3) is 0.385. The first-order chi connectivity index (χ1) is 21.8. The zero-order valence-electron chi connectivity index (χ0n) is 24.4. The summed E-state index contributed by atoms with van der Waals surface area (Å²) in [5.41, 5.74) is 18.7. The molecule has 4 atom stereocenters. The van der Waals surface area contributed by atoms with Crippen molar-refractivity contribution in [3.8, 4) is 0 Å². The molecule has 46 heavy (non-hydrogen) atoms. The Labute approximate surface area is 274 Å². The summed E-state index contributed by atoms with van der Waals surface area (Å²) in [5.74, 6) is -3.75. The summed E-state index contributed by atoms with van der Waals surface area (Å²) in [7, 11) is 0. The van der Waals surface area contributed by atoms with Gasteiger partial charge in [0.05, 0.1) is 6.20 Å². The third-order valence-electron chi connectivity index (χ3n) is 7.21. The third-order valence-corrected chi connectivity index (χ3v) is 9.63. The molecule has 3 aromatic heterocycles. The zero-order valence-corrected chi connectivity index (χ0v) is 26.8. The van der Waals surface area contributed by atoms with Crippen molar-refractivity contribution >= 4 is 86.4 Å². The lowest BCUT2D eigenvalue weighted by Gasteiger charge is -2.49. The van der Waals surface area contributed by atoms with E-state index in [1.54, 1.807) is 16.8 Å². The van der Waals surface area contributed by atoms with Gasteiger partial charge in [0.15, 0.2) is 10.8 Å². The predicted molar refractivity (Wildman–Crippen MR) is 169 cm³/mol. The van der Waals surface area contributed by atoms with Crippen molar-refractivity contribution in [1.29, 1.82) is 0 Å². The van der Waals surface area contributed by atoms with Crippen LogP contribution in [-0.2, 0) is 37.1 Å². The van der Waals surface area contributed by atoms with Crippen molar-refractivity contribution < 1.29 is 38.8 Å². The maximum atomic E-state index is 13.4. The molecular weight excluding hydrogens is 664 g/mol. The maximum absolute atomic E-state index is 13.4. The molecule has 244 valence electrons. The number of imidazole rings is 1. The molecule has 20 heteroatoms. The number of hydrogen-bond donors (Lipinski definition) is 6. The number of nitrogens with zero attached hydrogens (tertiary/aromatic N) is 6. The van der Waals surface area contributed by atoms with Crippen LogP contribution in [0.5, 0.6) is 0 Å². The molecule has 1 saturated heterocycles. The minimum atomic E-state index is -1.42. The average molecular weight is 694 g/mol. The molecule has 0 bridgehead atoms. The number of thiazole rings is 1. The van der Waals surface area contributed by atoms with E-state index in [0.717, 1.165) is 21.8 Å². The lowest BCUT2D eigenvalue weighted by molar-refractivity contribution is -0.664. The Kier molecular flexibility index (Phi) is 9.38. The van der Waals surface area contributed by atoms with E-state index in [9.17, 15) is 24.3 Å². The number of oxime groups is 1. The second-order valence-corrected chi connectivity index (χ2v) is 13.3. The van der Waals surface area contributed by atoms with Gasteiger partial charge in [0.25, 0.3) is 11.8 Å². The van der Waals surface area contributed by atoms with Gasteiger partial charge in [-0.2, -0.15) is 0 Å². The van der Waals surface area contributed by atoms with Gasteiger partial charge in [0.2, 0.25) is 6.10 Å². The zero-order chi connectivity index (χ0) is 33.4. The first-order valence-corrected chi connectivity index (χ1v) is 16.0. The van der Waals surface area contributed by atoms with E-state index in [4.69, 9.17) is 38.7 Å². The van der Waals surface area contributed by atoms with Crippen molar-refractivity contribution in [2.75, 3.05) is 17.2 Å². The number of hydrogen-bond acceptors (Lipinski definition) is 13. The van der Waals surface area contributed by atoms with Gasteiger partial charge in [0, 0.05) is 23.9 Å². The van der Waals surface area contributed by atoms with E-state index in [0.29, 0.717) is 30.1 Å². The number of fused-ring (bicyclic) bond motifs is 2. The van der Waals surface area contributed by atoms with Crippen molar-refractivity contribution in [2.45, 2.75) is 56.9 Å². The number of aryl methyl sites for hydroxylation is 1. The van der Waals surface area contributed by atoms with E-state index in [1.807, 2.05) is 17.6 Å². The minimum Gasteiger partial charge on any atom is -0.478 e. The lowest BCUT2D eigenvalue weighted by Crippen LogP contribution is -2.71. The van der Waals surface area contributed by atoms with Crippen molar-refractivity contribution in [3.05, 3.63) is 39.6 Å². The standard InChI is InChI=1S/C26H29ClN10O7S2/c1-10(28)5-7-36-13-4-3-6-35(19(13)33-25(36)29)8-12-9-45-22-16(21(39)37(22)17(12)24(42)43)31-20(38)15(34-44-11(2)23(40)41)14-18(27)46-26(30)32-14/h3-4,6,10-11,16,22,29H,5,7-9,28H2,1-2H3,(H5,30,31,32,38,40,41,42,43)/p+1/b34-15-/t10-,11-,16+,22+/m0/s1. The number of β-lactam (4-membered cyclic amide) rings is 1. The number of amides is 2. The highest BCUT2D eigenvalue weighted by molar-refractivity contribution is 8.00. The van der Waals surface area contributed by atoms with Crippen molar-refractivity contribution in [3.63, 3.8) is 0 Å². The number of nitrogens with two attached hydrogens (primary N) is 3. The molecule has 0 spiro atoms. The number of aliphatic carboxylic acids is 2. The normalized spacial score (nSPS) is 19.4. The largest absolute Gasteiger partial charge is 0.478 e. The number of anilines is 2. The molecule has 2 aliphatic heterocycles. The fourth-order valence-corrected chi connectivity index (χ4v) is 7.17. The SMILES string of the molecule is C[C@H](N)CCn1c(N)nc2c1ccc[n+]2CC1=C(C(=O)O)N2C(=O)[C@@H](NC(=O)/C(=N\O[C@@H](C)C(=O)O)c3nc(N)sc3Cl)[C@H]2SC1. The smallest absolute Gasteiger partial charge is 0.352 e. The van der Waals surface area contributed by atoms with Gasteiger partial charge in [-0.25, -0.2) is 19.1 Å². The number of thioether (sulfide) groups is 1. The second-order valence-electron chi connectivity index (χ2n) is 10.6. The second kappa shape index (κ2) is 13.1. The minimum absolute atomic E-state index is 0.0115. The molecule has 9 N–H and O–H groups in total. The summed E-state index contributed by atoms with van der Waals surface area (Å²) in [5, 5.41) is 24.8. The Hall–Kier alpha value is -4.46. The highest BCUT2D eigenvalue weighted by atomic mass is 35.5. The summed E-state index contributed by atoms with van der Waals surface area (Å²) in [4.78, 5) is 64.9. The van der Waals surface area contributed by atoms with E-state index in [-0.39, 0.29) is 39.2 Å². The average Bonchev–Trinajstić information content (AvgIpc) is 3.51. The van der Waals surface area contributed by atoms with Crippen molar-refractivity contribution in [2.24, 2.45) is 10.9 Å². The van der Waals surface area contributed by atoms with Crippen LogP contribution in [0.2, 0.25) is 4.34 Å². The highest BCUT2D eigenvalue weighted by Gasteiger charge is 2.54. The molecule has 2 aliphatic rings. The number of aromatic nitrogens is 4. The highest BCUT2D eigenvalue weighted by Crippen LogP contribution is 2.40. The predicted octanol–water partition coefficient (Wildman–Crippen LogP) is -0.0320. The Morgan fingerprint density at radius 2 is 2.02 bits per heavy atom. The summed E-state index contributed by atoms with van der Waals surface area (Å²) in [6.07, 6.45) is 1.01. The number of carbonyl (C=O) groups is 4. The first-order valence-electron chi connectivity index (χ1n) is 13.8. The number of carboxylic acid groups (broad SMARTS) is 2. The summed E-state index contributed by atoms with van der Waals surface area (Å²) in [6, 6.07) is 2.48. The number of halogens is 1. The Morgan fingerprint density at radius 3 is 2.65 bits per heavy atom. The Balaban J connectivity index is 1.39. The van der Waals surface area contributed by atoms with Crippen LogP contribution in [0.25, 0.3) is 11.2 Å². The number of nitrogens with one attached hydrogen (secondary N) is 1. The van der Waals surface area contributed by atoms with Crippen LogP contribution in [0, 0.1) is 0 Å². The summed E-state index contributed by atoms with van der Waals surface area (Å²) < 4.78 is 3.60. The van der Waals surface area contributed by atoms with Gasteiger partial charge in [-0.05, 0) is 37.4 Å². The summed E-state index contributed by atoms with van der Waals surface area (Å²) in [6.45, 7) is 3.76.